The van der Waals surface area contributed by atoms with Gasteiger partial charge in [-0.15, -0.1) is 0 Å². The summed E-state index contributed by atoms with van der Waals surface area (Å²) in [5, 5.41) is 0. The van der Waals surface area contributed by atoms with E-state index in [9.17, 15) is 4.79 Å². The fourth-order valence-electron chi connectivity index (χ4n) is 1.63. The number of H-pyrrole nitrogens is 1. The van der Waals surface area contributed by atoms with Gasteiger partial charge in [0.25, 0.3) is 0 Å². The zero-order valence-electron chi connectivity index (χ0n) is 10.3. The molecule has 0 spiro atoms. The van der Waals surface area contributed by atoms with Gasteiger partial charge < -0.3 is 9.72 Å². The van der Waals surface area contributed by atoms with Crippen LogP contribution in [0, 0.1) is 6.92 Å². The molecule has 0 aliphatic carbocycles. The SMILES string of the molecule is COc1ccccc1C(=O)/C=C/c1nc[nH]c1C. The van der Waals surface area contributed by atoms with Crippen LogP contribution in [0.15, 0.2) is 36.7 Å². The minimum Gasteiger partial charge on any atom is -0.496 e. The molecule has 0 aliphatic rings. The van der Waals surface area contributed by atoms with E-state index in [4.69, 9.17) is 4.74 Å². The number of hydrogen-bond acceptors (Lipinski definition) is 3. The van der Waals surface area contributed by atoms with Gasteiger partial charge in [-0.2, -0.15) is 0 Å². The summed E-state index contributed by atoms with van der Waals surface area (Å²) < 4.78 is 5.15. The highest BCUT2D eigenvalue weighted by molar-refractivity contribution is 6.08. The largest absolute Gasteiger partial charge is 0.496 e. The van der Waals surface area contributed by atoms with Crippen molar-refractivity contribution in [2.45, 2.75) is 6.92 Å². The Labute approximate surface area is 105 Å². The quantitative estimate of drug-likeness (QED) is 0.662. The Morgan fingerprint density at radius 1 is 1.39 bits per heavy atom. The molecule has 2 aromatic rings. The first-order valence-electron chi connectivity index (χ1n) is 5.58. The number of ketones is 1. The summed E-state index contributed by atoms with van der Waals surface area (Å²) in [6.45, 7) is 1.90. The fourth-order valence-corrected chi connectivity index (χ4v) is 1.63. The smallest absolute Gasteiger partial charge is 0.189 e. The molecule has 1 heterocycles. The number of rotatable bonds is 4. The van der Waals surface area contributed by atoms with Crippen molar-refractivity contribution in [1.82, 2.24) is 9.97 Å². The van der Waals surface area contributed by atoms with Crippen molar-refractivity contribution >= 4 is 11.9 Å². The van der Waals surface area contributed by atoms with Gasteiger partial charge in [-0.05, 0) is 31.2 Å². The molecule has 0 radical (unpaired) electrons. The fraction of sp³-hybridized carbons (Fsp3) is 0.143. The Bertz CT molecular complexity index is 585. The Balaban J connectivity index is 2.22. The van der Waals surface area contributed by atoms with Crippen LogP contribution >= 0.6 is 0 Å². The number of carbonyl (C=O) groups excluding carboxylic acids is 1. The second-order valence-corrected chi connectivity index (χ2v) is 3.81. The number of methoxy groups -OCH3 is 1. The molecule has 1 N–H and O–H groups in total. The van der Waals surface area contributed by atoms with Gasteiger partial charge in [0.2, 0.25) is 0 Å². The van der Waals surface area contributed by atoms with Crippen molar-refractivity contribution in [3.63, 3.8) is 0 Å². The number of aryl methyl sites for hydroxylation is 1. The first-order chi connectivity index (χ1) is 8.72. The molecule has 0 saturated heterocycles. The number of aromatic nitrogens is 2. The summed E-state index contributed by atoms with van der Waals surface area (Å²) in [5.41, 5.74) is 2.24. The topological polar surface area (TPSA) is 55.0 Å². The van der Waals surface area contributed by atoms with Crippen LogP contribution in [0.25, 0.3) is 6.08 Å². The van der Waals surface area contributed by atoms with E-state index in [1.165, 1.54) is 6.08 Å². The number of nitrogens with zero attached hydrogens (tertiary/aromatic N) is 1. The standard InChI is InChI=1S/C14H14N2O2/c1-10-12(16-9-15-10)7-8-13(17)11-5-3-4-6-14(11)18-2/h3-9H,1-2H3,(H,15,16)/b8-7+. The number of nitrogens with one attached hydrogen (secondary N) is 1. The van der Waals surface area contributed by atoms with Crippen LogP contribution in [0.4, 0.5) is 0 Å². The van der Waals surface area contributed by atoms with Gasteiger partial charge in [-0.25, -0.2) is 4.98 Å². The van der Waals surface area contributed by atoms with E-state index in [0.717, 1.165) is 11.4 Å². The van der Waals surface area contributed by atoms with Gasteiger partial charge in [0.15, 0.2) is 5.78 Å². The summed E-state index contributed by atoms with van der Waals surface area (Å²) in [6, 6.07) is 7.14. The molecular weight excluding hydrogens is 228 g/mol. The van der Waals surface area contributed by atoms with Crippen molar-refractivity contribution in [3.8, 4) is 5.75 Å². The van der Waals surface area contributed by atoms with Crippen LogP contribution in [0.1, 0.15) is 21.7 Å². The van der Waals surface area contributed by atoms with E-state index >= 15 is 0 Å². The number of carbonyl (C=O) groups is 1. The summed E-state index contributed by atoms with van der Waals surface area (Å²) in [5.74, 6) is 0.473. The number of hydrogen-bond donors (Lipinski definition) is 1. The third kappa shape index (κ3) is 2.48. The normalized spacial score (nSPS) is 10.8. The molecule has 0 atom stereocenters. The van der Waals surface area contributed by atoms with Crippen LogP contribution in [0.2, 0.25) is 0 Å². The number of ether oxygens (including phenoxy) is 1. The van der Waals surface area contributed by atoms with E-state index in [2.05, 4.69) is 9.97 Å². The maximum absolute atomic E-state index is 12.0. The summed E-state index contributed by atoms with van der Waals surface area (Å²) in [7, 11) is 1.55. The minimum absolute atomic E-state index is 0.102. The van der Waals surface area contributed by atoms with E-state index < -0.39 is 0 Å². The van der Waals surface area contributed by atoms with Gasteiger partial charge in [0.05, 0.1) is 24.7 Å². The molecule has 92 valence electrons. The van der Waals surface area contributed by atoms with Crippen LogP contribution in [-0.2, 0) is 0 Å². The van der Waals surface area contributed by atoms with Gasteiger partial charge in [0, 0.05) is 5.69 Å². The second-order valence-electron chi connectivity index (χ2n) is 3.81. The van der Waals surface area contributed by atoms with E-state index in [1.807, 2.05) is 19.1 Å². The number of imidazole rings is 1. The molecule has 4 nitrogen and oxygen atoms in total. The van der Waals surface area contributed by atoms with Crippen molar-refractivity contribution in [2.24, 2.45) is 0 Å². The van der Waals surface area contributed by atoms with Crippen molar-refractivity contribution in [3.05, 3.63) is 53.6 Å². The molecular formula is C14H14N2O2. The molecule has 18 heavy (non-hydrogen) atoms. The Hall–Kier alpha value is -2.36. The maximum atomic E-state index is 12.0. The van der Waals surface area contributed by atoms with Crippen LogP contribution in [0.3, 0.4) is 0 Å². The molecule has 4 heteroatoms. The molecule has 0 amide bonds. The number of benzene rings is 1. The lowest BCUT2D eigenvalue weighted by Gasteiger charge is -2.04. The van der Waals surface area contributed by atoms with Crippen LogP contribution in [0.5, 0.6) is 5.75 Å². The van der Waals surface area contributed by atoms with Crippen LogP contribution < -0.4 is 4.74 Å². The lowest BCUT2D eigenvalue weighted by atomic mass is 10.1. The van der Waals surface area contributed by atoms with E-state index in [-0.39, 0.29) is 5.78 Å². The first-order valence-corrected chi connectivity index (χ1v) is 5.58. The first kappa shape index (κ1) is 12.1. The number of para-hydroxylation sites is 1. The highest BCUT2D eigenvalue weighted by Crippen LogP contribution is 2.18. The Morgan fingerprint density at radius 3 is 2.83 bits per heavy atom. The summed E-state index contributed by atoms with van der Waals surface area (Å²) >= 11 is 0. The molecule has 2 rings (SSSR count). The van der Waals surface area contributed by atoms with E-state index in [1.54, 1.807) is 31.6 Å². The summed E-state index contributed by atoms with van der Waals surface area (Å²) in [6.07, 6.45) is 4.80. The van der Waals surface area contributed by atoms with E-state index in [0.29, 0.717) is 11.3 Å². The lowest BCUT2D eigenvalue weighted by Crippen LogP contribution is -1.98. The average Bonchev–Trinajstić information content (AvgIpc) is 2.81. The van der Waals surface area contributed by atoms with Gasteiger partial charge >= 0.3 is 0 Å². The number of allylic oxidation sites excluding steroid dienone is 1. The minimum atomic E-state index is -0.102. The van der Waals surface area contributed by atoms with Crippen molar-refractivity contribution in [1.29, 1.82) is 0 Å². The molecule has 1 aromatic heterocycles. The second kappa shape index (κ2) is 5.31. The molecule has 0 fully saturated rings. The van der Waals surface area contributed by atoms with Gasteiger partial charge in [0.1, 0.15) is 5.75 Å². The third-order valence-corrected chi connectivity index (χ3v) is 2.63. The molecule has 1 aromatic carbocycles. The molecule has 0 saturated carbocycles. The predicted octanol–water partition coefficient (Wildman–Crippen LogP) is 2.62. The highest BCUT2D eigenvalue weighted by Gasteiger charge is 2.08. The molecule has 0 unspecified atom stereocenters. The van der Waals surface area contributed by atoms with Crippen LogP contribution in [-0.4, -0.2) is 22.9 Å². The molecule has 0 bridgehead atoms. The van der Waals surface area contributed by atoms with Gasteiger partial charge in [-0.1, -0.05) is 12.1 Å². The zero-order chi connectivity index (χ0) is 13.0. The average molecular weight is 242 g/mol. The molecule has 0 aliphatic heterocycles. The van der Waals surface area contributed by atoms with Gasteiger partial charge in [-0.3, -0.25) is 4.79 Å². The van der Waals surface area contributed by atoms with Crippen molar-refractivity contribution in [2.75, 3.05) is 7.11 Å². The predicted molar refractivity (Wildman–Crippen MR) is 69.7 cm³/mol. The Kier molecular flexibility index (Phi) is 3.57. The van der Waals surface area contributed by atoms with Crippen molar-refractivity contribution < 1.29 is 9.53 Å². The number of aromatic amines is 1. The Morgan fingerprint density at radius 2 is 2.17 bits per heavy atom. The third-order valence-electron chi connectivity index (χ3n) is 2.63. The zero-order valence-corrected chi connectivity index (χ0v) is 10.3. The monoisotopic (exact) mass is 242 g/mol. The highest BCUT2D eigenvalue weighted by atomic mass is 16.5. The maximum Gasteiger partial charge on any atom is 0.189 e. The summed E-state index contributed by atoms with van der Waals surface area (Å²) in [4.78, 5) is 19.1. The lowest BCUT2D eigenvalue weighted by molar-refractivity contribution is 0.104.